The van der Waals surface area contributed by atoms with Gasteiger partial charge in [0.1, 0.15) is 11.3 Å². The van der Waals surface area contributed by atoms with E-state index in [9.17, 15) is 4.79 Å². The molecule has 1 saturated heterocycles. The van der Waals surface area contributed by atoms with E-state index < -0.39 is 0 Å². The highest BCUT2D eigenvalue weighted by Crippen LogP contribution is 2.14. The summed E-state index contributed by atoms with van der Waals surface area (Å²) >= 11 is 0. The first-order valence-electron chi connectivity index (χ1n) is 6.66. The molecule has 19 heavy (non-hydrogen) atoms. The minimum absolute atomic E-state index is 0. The van der Waals surface area contributed by atoms with Crippen molar-refractivity contribution in [3.63, 3.8) is 0 Å². The second-order valence-corrected chi connectivity index (χ2v) is 4.84. The molecule has 0 radical (unpaired) electrons. The van der Waals surface area contributed by atoms with Crippen molar-refractivity contribution in [3.05, 3.63) is 17.0 Å². The Balaban J connectivity index is 0.00000180. The van der Waals surface area contributed by atoms with Gasteiger partial charge in [-0.15, -0.1) is 12.4 Å². The standard InChI is InChI=1S/C13H21N3O2.ClH/c1-3-11-12(9(2)16-18-11)13(17)15-8-10-5-4-6-14-7-10;/h10,14H,3-8H2,1-2H3,(H,15,17);1H. The highest BCUT2D eigenvalue weighted by atomic mass is 35.5. The van der Waals surface area contributed by atoms with E-state index in [2.05, 4.69) is 15.8 Å². The molecule has 0 bridgehead atoms. The molecule has 0 aliphatic carbocycles. The van der Waals surface area contributed by atoms with Gasteiger partial charge in [0.2, 0.25) is 0 Å². The third-order valence-electron chi connectivity index (χ3n) is 3.43. The van der Waals surface area contributed by atoms with Crippen molar-refractivity contribution in [2.24, 2.45) is 5.92 Å². The predicted molar refractivity (Wildman–Crippen MR) is 75.8 cm³/mol. The Morgan fingerprint density at radius 1 is 1.58 bits per heavy atom. The van der Waals surface area contributed by atoms with E-state index in [1.807, 2.05) is 6.92 Å². The summed E-state index contributed by atoms with van der Waals surface area (Å²) in [6, 6.07) is 0. The van der Waals surface area contributed by atoms with Crippen LogP contribution in [-0.2, 0) is 6.42 Å². The van der Waals surface area contributed by atoms with Crippen LogP contribution in [0, 0.1) is 12.8 Å². The molecular weight excluding hydrogens is 266 g/mol. The SMILES string of the molecule is CCc1onc(C)c1C(=O)NCC1CCCNC1.Cl. The average Bonchev–Trinajstić information content (AvgIpc) is 2.78. The zero-order valence-corrected chi connectivity index (χ0v) is 12.3. The predicted octanol–water partition coefficient (Wildman–Crippen LogP) is 1.70. The average molecular weight is 288 g/mol. The molecule has 0 aromatic carbocycles. The molecular formula is C13H22ClN3O2. The van der Waals surface area contributed by atoms with Crippen molar-refractivity contribution >= 4 is 18.3 Å². The van der Waals surface area contributed by atoms with E-state index >= 15 is 0 Å². The Labute approximate surface area is 119 Å². The van der Waals surface area contributed by atoms with Gasteiger partial charge in [-0.05, 0) is 38.8 Å². The van der Waals surface area contributed by atoms with E-state index in [1.54, 1.807) is 6.92 Å². The molecule has 108 valence electrons. The summed E-state index contributed by atoms with van der Waals surface area (Å²) in [5.41, 5.74) is 1.28. The normalized spacial score (nSPS) is 18.7. The number of carbonyl (C=O) groups excluding carboxylic acids is 1. The summed E-state index contributed by atoms with van der Waals surface area (Å²) in [5.74, 6) is 1.15. The van der Waals surface area contributed by atoms with Crippen molar-refractivity contribution in [3.8, 4) is 0 Å². The van der Waals surface area contributed by atoms with Gasteiger partial charge < -0.3 is 15.2 Å². The Bertz CT molecular complexity index is 414. The first-order chi connectivity index (χ1) is 8.72. The summed E-state index contributed by atoms with van der Waals surface area (Å²) in [5, 5.41) is 10.2. The van der Waals surface area contributed by atoms with Gasteiger partial charge in [0.25, 0.3) is 5.91 Å². The number of amides is 1. The highest BCUT2D eigenvalue weighted by molar-refractivity contribution is 5.96. The van der Waals surface area contributed by atoms with Gasteiger partial charge in [-0.2, -0.15) is 0 Å². The summed E-state index contributed by atoms with van der Waals surface area (Å²) in [6.07, 6.45) is 3.05. The van der Waals surface area contributed by atoms with Crippen molar-refractivity contribution in [1.82, 2.24) is 15.8 Å². The summed E-state index contributed by atoms with van der Waals surface area (Å²) < 4.78 is 5.13. The van der Waals surface area contributed by atoms with E-state index in [0.717, 1.165) is 19.6 Å². The van der Waals surface area contributed by atoms with Crippen LogP contribution in [0.3, 0.4) is 0 Å². The summed E-state index contributed by atoms with van der Waals surface area (Å²) in [7, 11) is 0. The lowest BCUT2D eigenvalue weighted by Gasteiger charge is -2.22. The van der Waals surface area contributed by atoms with Gasteiger partial charge in [-0.3, -0.25) is 4.79 Å². The fourth-order valence-corrected chi connectivity index (χ4v) is 2.37. The quantitative estimate of drug-likeness (QED) is 0.884. The number of aryl methyl sites for hydroxylation is 2. The highest BCUT2D eigenvalue weighted by Gasteiger charge is 2.20. The fourth-order valence-electron chi connectivity index (χ4n) is 2.37. The van der Waals surface area contributed by atoms with Gasteiger partial charge in [0.15, 0.2) is 0 Å². The maximum atomic E-state index is 12.1. The summed E-state index contributed by atoms with van der Waals surface area (Å²) in [4.78, 5) is 12.1. The van der Waals surface area contributed by atoms with Crippen LogP contribution in [0.4, 0.5) is 0 Å². The van der Waals surface area contributed by atoms with Crippen LogP contribution in [0.1, 0.15) is 41.6 Å². The second-order valence-electron chi connectivity index (χ2n) is 4.84. The van der Waals surface area contributed by atoms with Crippen molar-refractivity contribution in [1.29, 1.82) is 0 Å². The van der Waals surface area contributed by atoms with Gasteiger partial charge in [0, 0.05) is 13.0 Å². The van der Waals surface area contributed by atoms with Crippen LogP contribution in [0.2, 0.25) is 0 Å². The minimum atomic E-state index is -0.0591. The molecule has 1 unspecified atom stereocenters. The maximum Gasteiger partial charge on any atom is 0.256 e. The Morgan fingerprint density at radius 3 is 3.00 bits per heavy atom. The molecule has 1 fully saturated rings. The Morgan fingerprint density at radius 2 is 2.37 bits per heavy atom. The lowest BCUT2D eigenvalue weighted by Crippen LogP contribution is -2.38. The molecule has 2 N–H and O–H groups in total. The molecule has 0 spiro atoms. The second kappa shape index (κ2) is 7.50. The van der Waals surface area contributed by atoms with Crippen molar-refractivity contribution in [2.75, 3.05) is 19.6 Å². The topological polar surface area (TPSA) is 67.2 Å². The number of carbonyl (C=O) groups is 1. The van der Waals surface area contributed by atoms with Gasteiger partial charge >= 0.3 is 0 Å². The molecule has 1 amide bonds. The van der Waals surface area contributed by atoms with Crippen LogP contribution in [0.15, 0.2) is 4.52 Å². The molecule has 1 aromatic heterocycles. The molecule has 1 aliphatic rings. The van der Waals surface area contributed by atoms with Crippen molar-refractivity contribution < 1.29 is 9.32 Å². The lowest BCUT2D eigenvalue weighted by atomic mass is 9.99. The van der Waals surface area contributed by atoms with Gasteiger partial charge in [-0.1, -0.05) is 12.1 Å². The van der Waals surface area contributed by atoms with Gasteiger partial charge in [0.05, 0.1) is 5.69 Å². The Hall–Kier alpha value is -1.07. The maximum absolute atomic E-state index is 12.1. The smallest absolute Gasteiger partial charge is 0.256 e. The molecule has 2 rings (SSSR count). The van der Waals surface area contributed by atoms with Gasteiger partial charge in [-0.25, -0.2) is 0 Å². The number of hydrogen-bond donors (Lipinski definition) is 2. The summed E-state index contributed by atoms with van der Waals surface area (Å²) in [6.45, 7) is 6.57. The first-order valence-corrected chi connectivity index (χ1v) is 6.66. The monoisotopic (exact) mass is 287 g/mol. The molecule has 6 heteroatoms. The van der Waals surface area contributed by atoms with Crippen LogP contribution in [0.25, 0.3) is 0 Å². The van der Waals surface area contributed by atoms with Crippen LogP contribution in [-0.4, -0.2) is 30.7 Å². The molecule has 5 nitrogen and oxygen atoms in total. The number of nitrogens with one attached hydrogen (secondary N) is 2. The Kier molecular flexibility index (Phi) is 6.31. The van der Waals surface area contributed by atoms with Crippen molar-refractivity contribution in [2.45, 2.75) is 33.1 Å². The largest absolute Gasteiger partial charge is 0.360 e. The third kappa shape index (κ3) is 3.94. The van der Waals surface area contributed by atoms with Crippen LogP contribution >= 0.6 is 12.4 Å². The number of aromatic nitrogens is 1. The van der Waals surface area contributed by atoms with E-state index in [0.29, 0.717) is 29.4 Å². The minimum Gasteiger partial charge on any atom is -0.360 e. The van der Waals surface area contributed by atoms with Crippen LogP contribution in [0.5, 0.6) is 0 Å². The number of rotatable bonds is 4. The zero-order chi connectivity index (χ0) is 13.0. The van der Waals surface area contributed by atoms with E-state index in [4.69, 9.17) is 4.52 Å². The zero-order valence-electron chi connectivity index (χ0n) is 11.5. The number of halogens is 1. The van der Waals surface area contributed by atoms with E-state index in [1.165, 1.54) is 12.8 Å². The number of hydrogen-bond acceptors (Lipinski definition) is 4. The fraction of sp³-hybridized carbons (Fsp3) is 0.692. The molecule has 1 aromatic rings. The first kappa shape index (κ1) is 16.0. The lowest BCUT2D eigenvalue weighted by molar-refractivity contribution is 0.0942. The van der Waals surface area contributed by atoms with Crippen LogP contribution < -0.4 is 10.6 Å². The molecule has 0 saturated carbocycles. The molecule has 1 aliphatic heterocycles. The third-order valence-corrected chi connectivity index (χ3v) is 3.43. The number of nitrogens with zero attached hydrogens (tertiary/aromatic N) is 1. The molecule has 2 heterocycles. The molecule has 1 atom stereocenters. The number of piperidine rings is 1. The van der Waals surface area contributed by atoms with E-state index in [-0.39, 0.29) is 18.3 Å².